The Labute approximate surface area is 97.0 Å². The van der Waals surface area contributed by atoms with Crippen LogP contribution in [0.2, 0.25) is 0 Å². The highest BCUT2D eigenvalue weighted by molar-refractivity contribution is 5.41. The zero-order chi connectivity index (χ0) is 11.1. The summed E-state index contributed by atoms with van der Waals surface area (Å²) in [5, 5.41) is 3.43. The molecule has 0 aliphatic carbocycles. The van der Waals surface area contributed by atoms with Gasteiger partial charge in [0.25, 0.3) is 0 Å². The van der Waals surface area contributed by atoms with Crippen LogP contribution in [-0.4, -0.2) is 19.2 Å². The van der Waals surface area contributed by atoms with Gasteiger partial charge >= 0.3 is 0 Å². The van der Waals surface area contributed by atoms with Gasteiger partial charge in [0.1, 0.15) is 0 Å². The van der Waals surface area contributed by atoms with Crippen LogP contribution in [0, 0.1) is 0 Å². The number of ether oxygens (including phenoxy) is 1. The molecule has 86 valence electrons. The molecular weight excluding hydrogens is 198 g/mol. The maximum absolute atomic E-state index is 5.96. The van der Waals surface area contributed by atoms with E-state index in [9.17, 15) is 0 Å². The molecule has 1 N–H and O–H groups in total. The van der Waals surface area contributed by atoms with Gasteiger partial charge in [0.05, 0.1) is 12.7 Å². The number of nitrogens with one attached hydrogen (secondary N) is 1. The average Bonchev–Trinajstić information content (AvgIpc) is 2.76. The van der Waals surface area contributed by atoms with E-state index >= 15 is 0 Å². The van der Waals surface area contributed by atoms with E-state index in [0.29, 0.717) is 17.9 Å². The third-order valence-corrected chi connectivity index (χ3v) is 3.87. The predicted molar refractivity (Wildman–Crippen MR) is 64.7 cm³/mol. The molecule has 2 nitrogen and oxygen atoms in total. The van der Waals surface area contributed by atoms with E-state index in [0.717, 1.165) is 19.7 Å². The van der Waals surface area contributed by atoms with Crippen LogP contribution >= 0.6 is 0 Å². The maximum Gasteiger partial charge on any atom is 0.0784 e. The van der Waals surface area contributed by atoms with Crippen molar-refractivity contribution in [3.63, 3.8) is 0 Å². The van der Waals surface area contributed by atoms with Gasteiger partial charge in [-0.25, -0.2) is 0 Å². The van der Waals surface area contributed by atoms with Crippen LogP contribution in [0.4, 0.5) is 0 Å². The van der Waals surface area contributed by atoms with Crippen molar-refractivity contribution in [1.82, 2.24) is 5.32 Å². The van der Waals surface area contributed by atoms with Crippen LogP contribution in [0.5, 0.6) is 0 Å². The highest BCUT2D eigenvalue weighted by Crippen LogP contribution is 2.36. The molecule has 1 aromatic rings. The Bertz CT molecular complexity index is 400. The molecule has 0 saturated carbocycles. The molecule has 2 heterocycles. The highest BCUT2D eigenvalue weighted by Gasteiger charge is 2.35. The summed E-state index contributed by atoms with van der Waals surface area (Å²) in [4.78, 5) is 0. The minimum Gasteiger partial charge on any atom is -0.372 e. The topological polar surface area (TPSA) is 21.3 Å². The normalized spacial score (nSPS) is 27.9. The summed E-state index contributed by atoms with van der Waals surface area (Å²) >= 11 is 0. The van der Waals surface area contributed by atoms with Crippen LogP contribution < -0.4 is 5.32 Å². The first-order valence-electron chi connectivity index (χ1n) is 6.21. The number of fused-ring (bicyclic) bond motifs is 3. The first kappa shape index (κ1) is 10.3. The van der Waals surface area contributed by atoms with Crippen molar-refractivity contribution in [3.05, 3.63) is 34.9 Å². The van der Waals surface area contributed by atoms with E-state index < -0.39 is 0 Å². The van der Waals surface area contributed by atoms with Crippen molar-refractivity contribution < 1.29 is 4.74 Å². The lowest BCUT2D eigenvalue weighted by molar-refractivity contribution is 0.0293. The van der Waals surface area contributed by atoms with E-state index in [2.05, 4.69) is 37.4 Å². The molecule has 1 saturated heterocycles. The number of rotatable bonds is 1. The molecule has 2 aliphatic heterocycles. The SMILES string of the molecule is CC(C)c1cccc2c1CO[C@@H]1CNC[C@H]21. The predicted octanol–water partition coefficient (Wildman–Crippen LogP) is 2.40. The third-order valence-electron chi connectivity index (χ3n) is 3.87. The smallest absolute Gasteiger partial charge is 0.0784 e. The fourth-order valence-electron chi connectivity index (χ4n) is 3.01. The molecule has 16 heavy (non-hydrogen) atoms. The van der Waals surface area contributed by atoms with Gasteiger partial charge < -0.3 is 10.1 Å². The lowest BCUT2D eigenvalue weighted by Crippen LogP contribution is -2.27. The first-order valence-corrected chi connectivity index (χ1v) is 6.21. The Balaban J connectivity index is 2.07. The Morgan fingerprint density at radius 1 is 1.31 bits per heavy atom. The Morgan fingerprint density at radius 3 is 3.00 bits per heavy atom. The van der Waals surface area contributed by atoms with Crippen LogP contribution in [0.15, 0.2) is 18.2 Å². The zero-order valence-electron chi connectivity index (χ0n) is 9.99. The average molecular weight is 217 g/mol. The first-order chi connectivity index (χ1) is 7.77. The monoisotopic (exact) mass is 217 g/mol. The second-order valence-electron chi connectivity index (χ2n) is 5.18. The molecule has 0 amide bonds. The van der Waals surface area contributed by atoms with Gasteiger partial charge in [-0.05, 0) is 22.6 Å². The summed E-state index contributed by atoms with van der Waals surface area (Å²) in [5.41, 5.74) is 4.43. The van der Waals surface area contributed by atoms with Crippen molar-refractivity contribution >= 4 is 0 Å². The summed E-state index contributed by atoms with van der Waals surface area (Å²) in [6.07, 6.45) is 0.398. The van der Waals surface area contributed by atoms with Crippen LogP contribution in [-0.2, 0) is 11.3 Å². The number of hydrogen-bond acceptors (Lipinski definition) is 2. The van der Waals surface area contributed by atoms with Crippen molar-refractivity contribution in [2.45, 2.75) is 38.4 Å². The molecule has 1 aromatic carbocycles. The molecule has 0 unspecified atom stereocenters. The molecule has 2 heteroatoms. The summed E-state index contributed by atoms with van der Waals surface area (Å²) in [5.74, 6) is 1.16. The molecule has 3 rings (SSSR count). The largest absolute Gasteiger partial charge is 0.372 e. The molecule has 0 spiro atoms. The van der Waals surface area contributed by atoms with Crippen LogP contribution in [0.1, 0.15) is 42.4 Å². The van der Waals surface area contributed by atoms with E-state index in [1.807, 2.05) is 0 Å². The quantitative estimate of drug-likeness (QED) is 0.780. The van der Waals surface area contributed by atoms with E-state index in [-0.39, 0.29) is 0 Å². The van der Waals surface area contributed by atoms with Crippen molar-refractivity contribution in [1.29, 1.82) is 0 Å². The molecule has 1 fully saturated rings. The summed E-state index contributed by atoms with van der Waals surface area (Å²) in [7, 11) is 0. The lowest BCUT2D eigenvalue weighted by atomic mass is 9.84. The van der Waals surface area contributed by atoms with Gasteiger partial charge in [-0.3, -0.25) is 0 Å². The second kappa shape index (κ2) is 3.86. The number of hydrogen-bond donors (Lipinski definition) is 1. The van der Waals surface area contributed by atoms with Gasteiger partial charge in [-0.1, -0.05) is 32.0 Å². The van der Waals surface area contributed by atoms with Gasteiger partial charge in [0.15, 0.2) is 0 Å². The van der Waals surface area contributed by atoms with Crippen molar-refractivity contribution in [2.75, 3.05) is 13.1 Å². The van der Waals surface area contributed by atoms with Gasteiger partial charge in [-0.2, -0.15) is 0 Å². The standard InChI is InChI=1S/C14H19NO/c1-9(2)10-4-3-5-11-12-6-15-7-14(12)16-8-13(10)11/h3-5,9,12,14-15H,6-8H2,1-2H3/t12-,14-/m1/s1. The zero-order valence-corrected chi connectivity index (χ0v) is 9.99. The van der Waals surface area contributed by atoms with Gasteiger partial charge in [0.2, 0.25) is 0 Å². The van der Waals surface area contributed by atoms with Gasteiger partial charge in [0, 0.05) is 19.0 Å². The van der Waals surface area contributed by atoms with E-state index in [1.165, 1.54) is 16.7 Å². The Kier molecular flexibility index (Phi) is 2.49. The minimum atomic E-state index is 0.398. The van der Waals surface area contributed by atoms with E-state index in [4.69, 9.17) is 4.74 Å². The molecular formula is C14H19NO. The van der Waals surface area contributed by atoms with E-state index in [1.54, 1.807) is 0 Å². The lowest BCUT2D eigenvalue weighted by Gasteiger charge is -2.30. The van der Waals surface area contributed by atoms with Crippen molar-refractivity contribution in [2.24, 2.45) is 0 Å². The molecule has 2 aliphatic rings. The summed E-state index contributed by atoms with van der Waals surface area (Å²) in [6, 6.07) is 6.73. The van der Waals surface area contributed by atoms with Crippen LogP contribution in [0.25, 0.3) is 0 Å². The Morgan fingerprint density at radius 2 is 2.19 bits per heavy atom. The Hall–Kier alpha value is -0.860. The molecule has 0 aromatic heterocycles. The number of benzene rings is 1. The van der Waals surface area contributed by atoms with Gasteiger partial charge in [-0.15, -0.1) is 0 Å². The highest BCUT2D eigenvalue weighted by atomic mass is 16.5. The minimum absolute atomic E-state index is 0.398. The molecule has 0 bridgehead atoms. The summed E-state index contributed by atoms with van der Waals surface area (Å²) in [6.45, 7) is 7.39. The van der Waals surface area contributed by atoms with Crippen LogP contribution in [0.3, 0.4) is 0 Å². The second-order valence-corrected chi connectivity index (χ2v) is 5.18. The third kappa shape index (κ3) is 1.48. The summed E-state index contributed by atoms with van der Waals surface area (Å²) < 4.78 is 5.96. The molecule has 0 radical (unpaired) electrons. The molecule has 2 atom stereocenters. The maximum atomic E-state index is 5.96. The fraction of sp³-hybridized carbons (Fsp3) is 0.571. The fourth-order valence-corrected chi connectivity index (χ4v) is 3.01. The van der Waals surface area contributed by atoms with Crippen molar-refractivity contribution in [3.8, 4) is 0 Å².